The molecule has 11 heteroatoms. The summed E-state index contributed by atoms with van der Waals surface area (Å²) in [5.41, 5.74) is 1.73. The minimum atomic E-state index is -1.49. The number of carbonyl (C=O) groups excluding carboxylic acids is 3. The molecule has 0 spiro atoms. The molecule has 1 saturated heterocycles. The maximum Gasteiger partial charge on any atom is 0.328 e. The molecule has 190 valence electrons. The number of fused-ring (bicyclic) bond motifs is 1. The van der Waals surface area contributed by atoms with E-state index in [1.807, 2.05) is 24.3 Å². The molecule has 4 unspecified atom stereocenters. The molecule has 0 bridgehead atoms. The number of carboxylic acid groups (broad SMARTS) is 1. The molecule has 1 fully saturated rings. The highest BCUT2D eigenvalue weighted by Crippen LogP contribution is 2.19. The quantitative estimate of drug-likeness (QED) is 0.227. The van der Waals surface area contributed by atoms with Gasteiger partial charge in [0.2, 0.25) is 17.7 Å². The van der Waals surface area contributed by atoms with Crippen LogP contribution in [0.3, 0.4) is 0 Å². The summed E-state index contributed by atoms with van der Waals surface area (Å²) in [6, 6.07) is 3.69. The van der Waals surface area contributed by atoms with Crippen molar-refractivity contribution in [3.63, 3.8) is 0 Å². The molecule has 11 nitrogen and oxygen atoms in total. The van der Waals surface area contributed by atoms with E-state index in [1.54, 1.807) is 20.0 Å². The number of para-hydroxylation sites is 1. The predicted octanol–water partition coefficient (Wildman–Crippen LogP) is -0.350. The highest BCUT2D eigenvalue weighted by atomic mass is 16.4. The number of aliphatic hydroxyl groups is 1. The topological polar surface area (TPSA) is 173 Å². The Morgan fingerprint density at radius 3 is 2.43 bits per heavy atom. The number of nitrogens with one attached hydrogen (secondary N) is 5. The van der Waals surface area contributed by atoms with Gasteiger partial charge in [0.05, 0.1) is 12.6 Å². The first-order chi connectivity index (χ1) is 16.7. The minimum Gasteiger partial charge on any atom is -0.480 e. The fraction of sp³-hybridized carbons (Fsp3) is 0.500. The number of benzene rings is 1. The molecule has 2 aromatic rings. The van der Waals surface area contributed by atoms with Crippen LogP contribution in [0.2, 0.25) is 0 Å². The minimum absolute atomic E-state index is 0.190. The Balaban J connectivity index is 1.80. The third-order valence-corrected chi connectivity index (χ3v) is 6.15. The maximum atomic E-state index is 13.4. The van der Waals surface area contributed by atoms with Crippen LogP contribution in [0.15, 0.2) is 30.5 Å². The summed E-state index contributed by atoms with van der Waals surface area (Å²) in [6.07, 6.45) is 3.51. The summed E-state index contributed by atoms with van der Waals surface area (Å²) in [5.74, 6) is -3.36. The molecule has 1 aromatic heterocycles. The molecule has 0 saturated carbocycles. The van der Waals surface area contributed by atoms with Crippen molar-refractivity contribution < 1.29 is 29.4 Å². The van der Waals surface area contributed by atoms with Crippen molar-refractivity contribution in [1.82, 2.24) is 26.3 Å². The van der Waals surface area contributed by atoms with Gasteiger partial charge in [0, 0.05) is 23.5 Å². The first kappa shape index (κ1) is 26.2. The van der Waals surface area contributed by atoms with Crippen molar-refractivity contribution in [2.75, 3.05) is 13.2 Å². The van der Waals surface area contributed by atoms with Gasteiger partial charge >= 0.3 is 5.97 Å². The molecule has 3 rings (SSSR count). The van der Waals surface area contributed by atoms with Gasteiger partial charge in [-0.3, -0.25) is 14.4 Å². The lowest BCUT2D eigenvalue weighted by atomic mass is 10.00. The number of H-pyrrole nitrogens is 1. The number of rotatable bonds is 11. The van der Waals surface area contributed by atoms with Crippen molar-refractivity contribution in [2.24, 2.45) is 5.92 Å². The highest BCUT2D eigenvalue weighted by Gasteiger charge is 2.33. The monoisotopic (exact) mass is 487 g/mol. The van der Waals surface area contributed by atoms with E-state index in [-0.39, 0.29) is 18.2 Å². The molecule has 35 heavy (non-hydrogen) atoms. The SMILES string of the molecule is CC(C)C(NC(=O)C(Cc1c[nH]c2ccccc12)NC(=O)C1CCCN1)C(=O)NC(CO)C(=O)O. The molecule has 0 radical (unpaired) electrons. The van der Waals surface area contributed by atoms with Crippen molar-refractivity contribution >= 4 is 34.6 Å². The molecule has 7 N–H and O–H groups in total. The van der Waals surface area contributed by atoms with Crippen LogP contribution in [0.5, 0.6) is 0 Å². The average molecular weight is 488 g/mol. The number of carboxylic acids is 1. The Kier molecular flexibility index (Phi) is 8.83. The van der Waals surface area contributed by atoms with Gasteiger partial charge in [0.25, 0.3) is 0 Å². The lowest BCUT2D eigenvalue weighted by Crippen LogP contribution is -2.59. The van der Waals surface area contributed by atoms with E-state index < -0.39 is 48.6 Å². The Morgan fingerprint density at radius 1 is 1.06 bits per heavy atom. The number of aromatic nitrogens is 1. The molecule has 3 amide bonds. The molecule has 1 aromatic carbocycles. The lowest BCUT2D eigenvalue weighted by Gasteiger charge is -2.27. The van der Waals surface area contributed by atoms with Crippen molar-refractivity contribution in [3.8, 4) is 0 Å². The third-order valence-electron chi connectivity index (χ3n) is 6.15. The molecule has 1 aliphatic heterocycles. The number of carbonyl (C=O) groups is 4. The summed E-state index contributed by atoms with van der Waals surface area (Å²) < 4.78 is 0. The van der Waals surface area contributed by atoms with Gasteiger partial charge in [-0.15, -0.1) is 0 Å². The zero-order valence-corrected chi connectivity index (χ0v) is 19.8. The number of aliphatic hydroxyl groups excluding tert-OH is 1. The van der Waals surface area contributed by atoms with Gasteiger partial charge in [-0.05, 0) is 36.9 Å². The summed E-state index contributed by atoms with van der Waals surface area (Å²) in [5, 5.41) is 30.1. The van der Waals surface area contributed by atoms with Crippen LogP contribution in [-0.4, -0.2) is 76.2 Å². The van der Waals surface area contributed by atoms with E-state index in [0.29, 0.717) is 6.42 Å². The zero-order valence-electron chi connectivity index (χ0n) is 19.8. The van der Waals surface area contributed by atoms with Crippen LogP contribution in [-0.2, 0) is 25.6 Å². The number of aromatic amines is 1. The van der Waals surface area contributed by atoms with E-state index in [4.69, 9.17) is 5.11 Å². The van der Waals surface area contributed by atoms with E-state index in [1.165, 1.54) is 0 Å². The van der Waals surface area contributed by atoms with Crippen LogP contribution < -0.4 is 21.3 Å². The highest BCUT2D eigenvalue weighted by molar-refractivity contribution is 5.95. The van der Waals surface area contributed by atoms with Crippen molar-refractivity contribution in [3.05, 3.63) is 36.0 Å². The van der Waals surface area contributed by atoms with Crippen LogP contribution in [0, 0.1) is 5.92 Å². The summed E-state index contributed by atoms with van der Waals surface area (Å²) in [6.45, 7) is 3.35. The van der Waals surface area contributed by atoms with Crippen molar-refractivity contribution in [2.45, 2.75) is 57.3 Å². The Morgan fingerprint density at radius 2 is 1.80 bits per heavy atom. The van der Waals surface area contributed by atoms with E-state index in [9.17, 15) is 24.3 Å². The average Bonchev–Trinajstić information content (AvgIpc) is 3.50. The zero-order chi connectivity index (χ0) is 25.5. The van der Waals surface area contributed by atoms with Crippen LogP contribution in [0.25, 0.3) is 10.9 Å². The Labute approximate surface area is 203 Å². The van der Waals surface area contributed by atoms with Gasteiger partial charge in [-0.2, -0.15) is 0 Å². The summed E-state index contributed by atoms with van der Waals surface area (Å²) >= 11 is 0. The number of amides is 3. The summed E-state index contributed by atoms with van der Waals surface area (Å²) in [7, 11) is 0. The van der Waals surface area contributed by atoms with Crippen LogP contribution in [0.1, 0.15) is 32.3 Å². The molecule has 4 atom stereocenters. The molecular formula is C24H33N5O6. The van der Waals surface area contributed by atoms with Crippen molar-refractivity contribution in [1.29, 1.82) is 0 Å². The maximum absolute atomic E-state index is 13.4. The van der Waals surface area contributed by atoms with Gasteiger partial charge < -0.3 is 36.5 Å². The van der Waals surface area contributed by atoms with Crippen LogP contribution >= 0.6 is 0 Å². The Hall–Kier alpha value is -3.44. The fourth-order valence-electron chi connectivity index (χ4n) is 4.15. The van der Waals surface area contributed by atoms with Gasteiger partial charge in [0.15, 0.2) is 0 Å². The standard InChI is InChI=1S/C24H33N5O6/c1-13(2)20(23(33)28-19(12-30)24(34)35)29-22(32)18(27-21(31)17-8-5-9-25-17)10-14-11-26-16-7-4-3-6-15(14)16/h3-4,6-7,11,13,17-20,25-26,30H,5,8-10,12H2,1-2H3,(H,27,31)(H,28,33)(H,29,32)(H,34,35). The second-order valence-corrected chi connectivity index (χ2v) is 9.09. The van der Waals surface area contributed by atoms with E-state index in [2.05, 4.69) is 26.3 Å². The van der Waals surface area contributed by atoms with Crippen LogP contribution in [0.4, 0.5) is 0 Å². The van der Waals surface area contributed by atoms with Gasteiger partial charge in [0.1, 0.15) is 18.1 Å². The number of aliphatic carboxylic acids is 1. The second-order valence-electron chi connectivity index (χ2n) is 9.09. The third kappa shape index (κ3) is 6.58. The molecule has 1 aliphatic rings. The predicted molar refractivity (Wildman–Crippen MR) is 128 cm³/mol. The second kappa shape index (κ2) is 11.8. The van der Waals surface area contributed by atoms with Gasteiger partial charge in [-0.25, -0.2) is 4.79 Å². The fourth-order valence-corrected chi connectivity index (χ4v) is 4.15. The van der Waals surface area contributed by atoms with Gasteiger partial charge in [-0.1, -0.05) is 32.0 Å². The molecule has 0 aliphatic carbocycles. The number of hydrogen-bond acceptors (Lipinski definition) is 6. The normalized spacial score (nSPS) is 18.1. The first-order valence-corrected chi connectivity index (χ1v) is 11.7. The molecule has 2 heterocycles. The first-order valence-electron chi connectivity index (χ1n) is 11.7. The Bertz CT molecular complexity index is 1060. The summed E-state index contributed by atoms with van der Waals surface area (Å²) in [4.78, 5) is 53.3. The largest absolute Gasteiger partial charge is 0.480 e. The number of hydrogen-bond donors (Lipinski definition) is 7. The lowest BCUT2D eigenvalue weighted by molar-refractivity contribution is -0.143. The van der Waals surface area contributed by atoms with E-state index >= 15 is 0 Å². The smallest absolute Gasteiger partial charge is 0.328 e. The molecular weight excluding hydrogens is 454 g/mol. The van der Waals surface area contributed by atoms with E-state index in [0.717, 1.165) is 29.4 Å².